The second-order valence-electron chi connectivity index (χ2n) is 4.19. The van der Waals surface area contributed by atoms with Crippen molar-refractivity contribution in [2.24, 2.45) is 0 Å². The minimum absolute atomic E-state index is 0.00812. The molecule has 0 unspecified atom stereocenters. The van der Waals surface area contributed by atoms with Crippen LogP contribution in [-0.4, -0.2) is 34.9 Å². The number of benzene rings is 1. The van der Waals surface area contributed by atoms with Crippen molar-refractivity contribution in [2.45, 2.75) is 0 Å². The van der Waals surface area contributed by atoms with Gasteiger partial charge in [-0.15, -0.1) is 11.3 Å². The SMILES string of the molecule is COc1cc2sc3c(OC(=O)O)cnc(=O)n3c2cc1OC. The van der Waals surface area contributed by atoms with Crippen molar-refractivity contribution in [3.63, 3.8) is 0 Å². The molecule has 0 bridgehead atoms. The van der Waals surface area contributed by atoms with Crippen LogP contribution in [0.3, 0.4) is 0 Å². The van der Waals surface area contributed by atoms with E-state index in [1.807, 2.05) is 0 Å². The second-order valence-corrected chi connectivity index (χ2v) is 5.22. The maximum Gasteiger partial charge on any atom is 0.511 e. The third kappa shape index (κ3) is 2.11. The zero-order valence-electron chi connectivity index (χ0n) is 11.5. The topological polar surface area (TPSA) is 99.4 Å². The van der Waals surface area contributed by atoms with Gasteiger partial charge in [0.25, 0.3) is 0 Å². The Balaban J connectivity index is 2.40. The lowest BCUT2D eigenvalue weighted by molar-refractivity contribution is 0.145. The minimum atomic E-state index is -1.48. The molecule has 2 aromatic heterocycles. The molecule has 0 aliphatic heterocycles. The van der Waals surface area contributed by atoms with Crippen LogP contribution in [0.25, 0.3) is 15.0 Å². The van der Waals surface area contributed by atoms with E-state index in [1.54, 1.807) is 12.1 Å². The van der Waals surface area contributed by atoms with Gasteiger partial charge in [-0.3, -0.25) is 0 Å². The first-order chi connectivity index (χ1) is 10.5. The first-order valence-corrected chi connectivity index (χ1v) is 6.84. The highest BCUT2D eigenvalue weighted by molar-refractivity contribution is 7.24. The fourth-order valence-corrected chi connectivity index (χ4v) is 3.20. The Kier molecular flexibility index (Phi) is 3.33. The van der Waals surface area contributed by atoms with Gasteiger partial charge in [-0.1, -0.05) is 0 Å². The molecule has 9 heteroatoms. The molecule has 0 radical (unpaired) electrons. The molecule has 0 saturated carbocycles. The summed E-state index contributed by atoms with van der Waals surface area (Å²) in [6, 6.07) is 3.33. The summed E-state index contributed by atoms with van der Waals surface area (Å²) in [5.74, 6) is 0.945. The van der Waals surface area contributed by atoms with Gasteiger partial charge in [-0.25, -0.2) is 14.0 Å². The molecule has 0 saturated heterocycles. The van der Waals surface area contributed by atoms with Gasteiger partial charge in [0.2, 0.25) is 0 Å². The number of thiazole rings is 1. The Bertz CT molecular complexity index is 945. The number of aromatic nitrogens is 2. The number of nitrogens with zero attached hydrogens (tertiary/aromatic N) is 2. The van der Waals surface area contributed by atoms with Crippen molar-refractivity contribution >= 4 is 32.5 Å². The largest absolute Gasteiger partial charge is 0.511 e. The van der Waals surface area contributed by atoms with Gasteiger partial charge in [-0.2, -0.15) is 4.98 Å². The zero-order valence-corrected chi connectivity index (χ0v) is 12.3. The molecule has 8 nitrogen and oxygen atoms in total. The number of methoxy groups -OCH3 is 2. The van der Waals surface area contributed by atoms with Gasteiger partial charge in [0, 0.05) is 12.1 Å². The van der Waals surface area contributed by atoms with E-state index in [2.05, 4.69) is 9.72 Å². The van der Waals surface area contributed by atoms with Crippen molar-refractivity contribution in [3.05, 3.63) is 28.8 Å². The molecule has 1 aromatic carbocycles. The van der Waals surface area contributed by atoms with Crippen LogP contribution in [0.2, 0.25) is 0 Å². The summed E-state index contributed by atoms with van der Waals surface area (Å²) in [5, 5.41) is 8.76. The van der Waals surface area contributed by atoms with Crippen LogP contribution in [0.4, 0.5) is 4.79 Å². The highest BCUT2D eigenvalue weighted by Gasteiger charge is 2.17. The van der Waals surface area contributed by atoms with E-state index in [1.165, 1.54) is 30.0 Å². The summed E-state index contributed by atoms with van der Waals surface area (Å²) in [6.07, 6.45) is -0.384. The molecular formula is C13H10N2O6S. The van der Waals surface area contributed by atoms with Crippen LogP contribution in [0.15, 0.2) is 23.1 Å². The Morgan fingerprint density at radius 3 is 2.55 bits per heavy atom. The third-order valence-corrected chi connectivity index (χ3v) is 4.13. The van der Waals surface area contributed by atoms with Crippen molar-refractivity contribution in [1.82, 2.24) is 9.38 Å². The van der Waals surface area contributed by atoms with Gasteiger partial charge in [0.05, 0.1) is 30.6 Å². The average molecular weight is 322 g/mol. The molecule has 3 rings (SSSR count). The Morgan fingerprint density at radius 1 is 1.23 bits per heavy atom. The molecule has 2 heterocycles. The first kappa shape index (κ1) is 14.1. The standard InChI is InChI=1S/C13H10N2O6S/c1-19-7-3-6-10(4-8(7)20-2)22-11-9(21-13(17)18)5-14-12(16)15(6)11/h3-5H,1-2H3,(H,17,18). The average Bonchev–Trinajstić information content (AvgIpc) is 2.87. The molecule has 0 spiro atoms. The van der Waals surface area contributed by atoms with E-state index in [0.717, 1.165) is 6.20 Å². The maximum absolute atomic E-state index is 12.0. The number of hydrogen-bond acceptors (Lipinski definition) is 7. The summed E-state index contributed by atoms with van der Waals surface area (Å²) >= 11 is 1.19. The van der Waals surface area contributed by atoms with Crippen molar-refractivity contribution < 1.29 is 24.1 Å². The normalized spacial score (nSPS) is 10.8. The van der Waals surface area contributed by atoms with Crippen LogP contribution in [0.5, 0.6) is 17.2 Å². The smallest absolute Gasteiger partial charge is 0.493 e. The molecule has 3 aromatic rings. The third-order valence-electron chi connectivity index (χ3n) is 3.01. The highest BCUT2D eigenvalue weighted by Crippen LogP contribution is 2.38. The predicted octanol–water partition coefficient (Wildman–Crippen LogP) is 1.98. The highest BCUT2D eigenvalue weighted by atomic mass is 32.1. The fourth-order valence-electron chi connectivity index (χ4n) is 2.11. The quantitative estimate of drug-likeness (QED) is 0.736. The van der Waals surface area contributed by atoms with Gasteiger partial charge in [-0.05, 0) is 0 Å². The van der Waals surface area contributed by atoms with E-state index in [0.29, 0.717) is 26.5 Å². The maximum atomic E-state index is 12.0. The van der Waals surface area contributed by atoms with E-state index in [9.17, 15) is 9.59 Å². The molecule has 22 heavy (non-hydrogen) atoms. The van der Waals surface area contributed by atoms with Gasteiger partial charge >= 0.3 is 11.8 Å². The minimum Gasteiger partial charge on any atom is -0.493 e. The van der Waals surface area contributed by atoms with Crippen LogP contribution >= 0.6 is 11.3 Å². The number of ether oxygens (including phenoxy) is 3. The molecule has 114 valence electrons. The Labute approximate surface area is 127 Å². The molecule has 0 aliphatic carbocycles. The lowest BCUT2D eigenvalue weighted by Crippen LogP contribution is -2.16. The van der Waals surface area contributed by atoms with E-state index in [4.69, 9.17) is 14.6 Å². The van der Waals surface area contributed by atoms with Crippen LogP contribution in [-0.2, 0) is 0 Å². The Hall–Kier alpha value is -2.81. The zero-order chi connectivity index (χ0) is 15.9. The van der Waals surface area contributed by atoms with Crippen molar-refractivity contribution in [1.29, 1.82) is 0 Å². The van der Waals surface area contributed by atoms with E-state index in [-0.39, 0.29) is 5.75 Å². The molecule has 0 aliphatic rings. The molecule has 1 N–H and O–H groups in total. The number of hydrogen-bond donors (Lipinski definition) is 1. The lowest BCUT2D eigenvalue weighted by Gasteiger charge is -2.07. The van der Waals surface area contributed by atoms with Crippen LogP contribution in [0, 0.1) is 0 Å². The van der Waals surface area contributed by atoms with E-state index < -0.39 is 11.8 Å². The van der Waals surface area contributed by atoms with Gasteiger partial charge in [0.1, 0.15) is 4.83 Å². The predicted molar refractivity (Wildman–Crippen MR) is 78.6 cm³/mol. The summed E-state index contributed by atoms with van der Waals surface area (Å²) in [6.45, 7) is 0. The summed E-state index contributed by atoms with van der Waals surface area (Å²) in [5.41, 5.74) is -0.00259. The number of carbonyl (C=O) groups is 1. The Morgan fingerprint density at radius 2 is 1.91 bits per heavy atom. The first-order valence-electron chi connectivity index (χ1n) is 6.02. The van der Waals surface area contributed by atoms with Gasteiger partial charge in [0.15, 0.2) is 17.2 Å². The van der Waals surface area contributed by atoms with Crippen LogP contribution in [0.1, 0.15) is 0 Å². The number of rotatable bonds is 3. The summed E-state index contributed by atoms with van der Waals surface area (Å²) in [7, 11) is 2.99. The monoisotopic (exact) mass is 322 g/mol. The fraction of sp³-hybridized carbons (Fsp3) is 0.154. The molecule has 0 atom stereocenters. The van der Waals surface area contributed by atoms with Crippen molar-refractivity contribution in [2.75, 3.05) is 14.2 Å². The summed E-state index contributed by atoms with van der Waals surface area (Å²) in [4.78, 5) is 26.7. The summed E-state index contributed by atoms with van der Waals surface area (Å²) < 4.78 is 17.1. The lowest BCUT2D eigenvalue weighted by atomic mass is 10.3. The number of carboxylic acid groups (broad SMARTS) is 1. The molecular weight excluding hydrogens is 312 g/mol. The molecule has 0 fully saturated rings. The van der Waals surface area contributed by atoms with Crippen LogP contribution < -0.4 is 19.9 Å². The van der Waals surface area contributed by atoms with E-state index >= 15 is 0 Å². The number of fused-ring (bicyclic) bond motifs is 3. The van der Waals surface area contributed by atoms with Gasteiger partial charge < -0.3 is 19.3 Å². The second kappa shape index (κ2) is 5.19. The van der Waals surface area contributed by atoms with Crippen molar-refractivity contribution in [3.8, 4) is 17.2 Å². The molecule has 0 amide bonds.